The molecule has 6 nitrogen and oxygen atoms in total. The molecule has 0 aliphatic heterocycles. The van der Waals surface area contributed by atoms with Crippen molar-refractivity contribution in [2.45, 2.75) is 12.3 Å². The van der Waals surface area contributed by atoms with E-state index in [-0.39, 0.29) is 12.2 Å². The Hall–Kier alpha value is -2.13. The summed E-state index contributed by atoms with van der Waals surface area (Å²) in [6, 6.07) is 3.11. The number of hydrogen-bond donors (Lipinski definition) is 3. The van der Waals surface area contributed by atoms with Gasteiger partial charge in [-0.1, -0.05) is 0 Å². The Morgan fingerprint density at radius 3 is 2.67 bits per heavy atom. The maximum atomic E-state index is 12.8. The van der Waals surface area contributed by atoms with E-state index >= 15 is 0 Å². The van der Waals surface area contributed by atoms with Gasteiger partial charge in [-0.05, 0) is 18.2 Å². The van der Waals surface area contributed by atoms with Gasteiger partial charge in [0.2, 0.25) is 0 Å². The molecule has 1 heterocycles. The number of aromatic nitrogens is 3. The molecule has 1 unspecified atom stereocenters. The molecule has 3 N–H and O–H groups in total. The first-order chi connectivity index (χ1) is 9.91. The fraction of sp³-hybridized carbons (Fsp3) is 0.333. The highest BCUT2D eigenvalue weighted by Gasteiger charge is 2.31. The number of aliphatic hydroxyl groups is 2. The maximum Gasteiger partial charge on any atom is 0.416 e. The number of aliphatic hydroxyl groups excluding tert-OH is 2. The fourth-order valence-electron chi connectivity index (χ4n) is 1.68. The van der Waals surface area contributed by atoms with Crippen molar-refractivity contribution in [3.8, 4) is 5.69 Å². The first kappa shape index (κ1) is 15.3. The molecule has 1 aromatic carbocycles. The number of benzene rings is 1. The van der Waals surface area contributed by atoms with Gasteiger partial charge >= 0.3 is 6.18 Å². The predicted octanol–water partition coefficient (Wildman–Crippen LogP) is 1.05. The number of halogens is 3. The van der Waals surface area contributed by atoms with Crippen LogP contribution in [0.5, 0.6) is 0 Å². The molecule has 21 heavy (non-hydrogen) atoms. The van der Waals surface area contributed by atoms with Crippen LogP contribution in [0.4, 0.5) is 18.9 Å². The van der Waals surface area contributed by atoms with E-state index in [0.29, 0.717) is 5.69 Å². The molecule has 0 spiro atoms. The number of alkyl halides is 3. The Morgan fingerprint density at radius 2 is 2.10 bits per heavy atom. The van der Waals surface area contributed by atoms with Crippen LogP contribution in [0.15, 0.2) is 30.9 Å². The summed E-state index contributed by atoms with van der Waals surface area (Å²) >= 11 is 0. The molecule has 0 aliphatic rings. The second-order valence-electron chi connectivity index (χ2n) is 4.29. The summed E-state index contributed by atoms with van der Waals surface area (Å²) in [5, 5.41) is 24.6. The zero-order valence-electron chi connectivity index (χ0n) is 10.7. The van der Waals surface area contributed by atoms with Crippen molar-refractivity contribution in [3.05, 3.63) is 36.4 Å². The lowest BCUT2D eigenvalue weighted by molar-refractivity contribution is -0.137. The summed E-state index contributed by atoms with van der Waals surface area (Å²) in [6.45, 7) is -0.593. The van der Waals surface area contributed by atoms with Gasteiger partial charge in [0.25, 0.3) is 0 Å². The van der Waals surface area contributed by atoms with Crippen molar-refractivity contribution in [2.24, 2.45) is 0 Å². The molecule has 0 aliphatic carbocycles. The standard InChI is InChI=1S/C12H13F3N4O2/c13-12(14,15)8-1-2-11(19-7-16-6-18-19)10(3-8)17-4-9(21)5-20/h1-3,6-7,9,17,20-21H,4-5H2. The average molecular weight is 302 g/mol. The van der Waals surface area contributed by atoms with Crippen LogP contribution in [-0.2, 0) is 6.18 Å². The van der Waals surface area contributed by atoms with Gasteiger partial charge in [0.1, 0.15) is 12.7 Å². The van der Waals surface area contributed by atoms with Crippen LogP contribution in [0.2, 0.25) is 0 Å². The molecular weight excluding hydrogens is 289 g/mol. The third kappa shape index (κ3) is 3.70. The van der Waals surface area contributed by atoms with E-state index in [4.69, 9.17) is 5.11 Å². The van der Waals surface area contributed by atoms with Gasteiger partial charge in [-0.3, -0.25) is 0 Å². The summed E-state index contributed by atoms with van der Waals surface area (Å²) in [7, 11) is 0. The lowest BCUT2D eigenvalue weighted by atomic mass is 10.1. The fourth-order valence-corrected chi connectivity index (χ4v) is 1.68. The summed E-state index contributed by atoms with van der Waals surface area (Å²) in [6.07, 6.45) is -2.96. The molecule has 0 radical (unpaired) electrons. The molecule has 9 heteroatoms. The molecule has 0 fully saturated rings. The quantitative estimate of drug-likeness (QED) is 0.769. The molecule has 1 atom stereocenters. The van der Waals surface area contributed by atoms with Crippen molar-refractivity contribution in [1.82, 2.24) is 14.8 Å². The Morgan fingerprint density at radius 1 is 1.33 bits per heavy atom. The van der Waals surface area contributed by atoms with E-state index in [9.17, 15) is 18.3 Å². The second-order valence-corrected chi connectivity index (χ2v) is 4.29. The van der Waals surface area contributed by atoms with E-state index in [2.05, 4.69) is 15.4 Å². The van der Waals surface area contributed by atoms with Crippen LogP contribution in [0, 0.1) is 0 Å². The zero-order chi connectivity index (χ0) is 15.5. The molecule has 0 saturated heterocycles. The van der Waals surface area contributed by atoms with Crippen molar-refractivity contribution in [2.75, 3.05) is 18.5 Å². The second kappa shape index (κ2) is 6.10. The van der Waals surface area contributed by atoms with Gasteiger partial charge in [-0.25, -0.2) is 9.67 Å². The number of nitrogens with one attached hydrogen (secondary N) is 1. The minimum absolute atomic E-state index is 0.0977. The molecular formula is C12H13F3N4O2. The van der Waals surface area contributed by atoms with E-state index < -0.39 is 24.5 Å². The number of rotatable bonds is 5. The number of anilines is 1. The zero-order valence-corrected chi connectivity index (χ0v) is 10.7. The first-order valence-corrected chi connectivity index (χ1v) is 6.01. The molecule has 0 saturated carbocycles. The lowest BCUT2D eigenvalue weighted by Crippen LogP contribution is -2.23. The number of nitrogens with zero attached hydrogens (tertiary/aromatic N) is 3. The van der Waals surface area contributed by atoms with E-state index in [1.54, 1.807) is 0 Å². The van der Waals surface area contributed by atoms with Crippen LogP contribution in [0.3, 0.4) is 0 Å². The predicted molar refractivity (Wildman–Crippen MR) is 67.9 cm³/mol. The molecule has 2 aromatic rings. The van der Waals surface area contributed by atoms with Crippen LogP contribution in [-0.4, -0.2) is 44.2 Å². The van der Waals surface area contributed by atoms with E-state index in [1.165, 1.54) is 23.4 Å². The van der Waals surface area contributed by atoms with Gasteiger partial charge < -0.3 is 15.5 Å². The van der Waals surface area contributed by atoms with Crippen LogP contribution < -0.4 is 5.32 Å². The van der Waals surface area contributed by atoms with Crippen molar-refractivity contribution < 1.29 is 23.4 Å². The third-order valence-corrected chi connectivity index (χ3v) is 2.73. The highest BCUT2D eigenvalue weighted by atomic mass is 19.4. The normalized spacial score (nSPS) is 13.2. The van der Waals surface area contributed by atoms with Crippen LogP contribution in [0.1, 0.15) is 5.56 Å². The van der Waals surface area contributed by atoms with Gasteiger partial charge in [-0.15, -0.1) is 0 Å². The van der Waals surface area contributed by atoms with E-state index in [1.807, 2.05) is 0 Å². The first-order valence-electron chi connectivity index (χ1n) is 6.01. The summed E-state index contributed by atoms with van der Waals surface area (Å²) in [4.78, 5) is 3.73. The smallest absolute Gasteiger partial charge is 0.394 e. The highest BCUT2D eigenvalue weighted by molar-refractivity contribution is 5.62. The van der Waals surface area contributed by atoms with Crippen LogP contribution in [0.25, 0.3) is 5.69 Å². The SMILES string of the molecule is OCC(O)CNc1cc(C(F)(F)F)ccc1-n1cncn1. The average Bonchev–Trinajstić information content (AvgIpc) is 2.97. The van der Waals surface area contributed by atoms with E-state index in [0.717, 1.165) is 12.1 Å². The summed E-state index contributed by atoms with van der Waals surface area (Å²) < 4.78 is 39.6. The summed E-state index contributed by atoms with van der Waals surface area (Å²) in [5.41, 5.74) is -0.346. The number of hydrogen-bond acceptors (Lipinski definition) is 5. The largest absolute Gasteiger partial charge is 0.416 e. The van der Waals surface area contributed by atoms with Crippen molar-refractivity contribution in [3.63, 3.8) is 0 Å². The maximum absolute atomic E-state index is 12.8. The third-order valence-electron chi connectivity index (χ3n) is 2.73. The van der Waals surface area contributed by atoms with Crippen molar-refractivity contribution in [1.29, 1.82) is 0 Å². The minimum Gasteiger partial charge on any atom is -0.394 e. The molecule has 0 bridgehead atoms. The molecule has 2 rings (SSSR count). The van der Waals surface area contributed by atoms with Gasteiger partial charge in [-0.2, -0.15) is 18.3 Å². The monoisotopic (exact) mass is 302 g/mol. The minimum atomic E-state index is -4.48. The Labute approximate surface area is 117 Å². The van der Waals surface area contributed by atoms with Gasteiger partial charge in [0.05, 0.1) is 29.6 Å². The summed E-state index contributed by atoms with van der Waals surface area (Å²) in [5.74, 6) is 0. The molecule has 0 amide bonds. The molecule has 114 valence electrons. The van der Waals surface area contributed by atoms with Crippen LogP contribution >= 0.6 is 0 Å². The lowest BCUT2D eigenvalue weighted by Gasteiger charge is -2.16. The topological polar surface area (TPSA) is 83.2 Å². The Bertz CT molecular complexity index is 587. The Balaban J connectivity index is 2.36. The van der Waals surface area contributed by atoms with Gasteiger partial charge in [0.15, 0.2) is 0 Å². The highest BCUT2D eigenvalue weighted by Crippen LogP contribution is 2.33. The Kier molecular flexibility index (Phi) is 4.43. The van der Waals surface area contributed by atoms with Crippen molar-refractivity contribution >= 4 is 5.69 Å². The van der Waals surface area contributed by atoms with Gasteiger partial charge in [0, 0.05) is 6.54 Å². The molecule has 1 aromatic heterocycles.